The Morgan fingerprint density at radius 1 is 1.65 bits per heavy atom. The molecule has 1 aromatic rings. The van der Waals surface area contributed by atoms with E-state index in [9.17, 15) is 9.59 Å². The Labute approximate surface area is 98.9 Å². The number of ether oxygens (including phenoxy) is 1. The molecule has 0 radical (unpaired) electrons. The Morgan fingerprint density at radius 3 is 2.82 bits per heavy atom. The number of nitrogens with zero attached hydrogens (tertiary/aromatic N) is 2. The minimum absolute atomic E-state index is 0.211. The van der Waals surface area contributed by atoms with Crippen LogP contribution in [-0.2, 0) is 16.6 Å². The molecule has 1 amide bonds. The maximum absolute atomic E-state index is 11.6. The highest BCUT2D eigenvalue weighted by molar-refractivity contribution is 6.01. The maximum Gasteiger partial charge on any atom is 0.343 e. The summed E-state index contributed by atoms with van der Waals surface area (Å²) in [5, 5.41) is 6.43. The van der Waals surface area contributed by atoms with Crippen LogP contribution in [0, 0.1) is 0 Å². The highest BCUT2D eigenvalue weighted by Gasteiger charge is 2.20. The van der Waals surface area contributed by atoms with Gasteiger partial charge in [-0.2, -0.15) is 5.10 Å². The fraction of sp³-hybridized carbons (Fsp3) is 0.500. The lowest BCUT2D eigenvalue weighted by atomic mass is 10.3. The number of carbonyl (C=O) groups is 2. The van der Waals surface area contributed by atoms with Crippen molar-refractivity contribution in [3.8, 4) is 0 Å². The van der Waals surface area contributed by atoms with E-state index in [1.807, 2.05) is 0 Å². The van der Waals surface area contributed by atoms with Gasteiger partial charge in [0.15, 0.2) is 0 Å². The van der Waals surface area contributed by atoms with Crippen LogP contribution < -0.4 is 11.1 Å². The summed E-state index contributed by atoms with van der Waals surface area (Å²) in [5.41, 5.74) is 5.64. The van der Waals surface area contributed by atoms with Crippen molar-refractivity contribution in [2.24, 2.45) is 12.8 Å². The molecule has 0 aromatic carbocycles. The lowest BCUT2D eigenvalue weighted by molar-refractivity contribution is -0.117. The normalized spacial score (nSPS) is 12.0. The van der Waals surface area contributed by atoms with E-state index < -0.39 is 12.0 Å². The lowest BCUT2D eigenvalue weighted by Gasteiger charge is -2.09. The fourth-order valence-corrected chi connectivity index (χ4v) is 1.17. The molecule has 0 saturated carbocycles. The molecule has 0 bridgehead atoms. The van der Waals surface area contributed by atoms with Gasteiger partial charge in [0.25, 0.3) is 0 Å². The number of nitrogens with two attached hydrogens (primary N) is 1. The van der Waals surface area contributed by atoms with Crippen molar-refractivity contribution in [3.63, 3.8) is 0 Å². The molecular formula is C10H16N4O3. The average Bonchev–Trinajstić information content (AvgIpc) is 2.61. The van der Waals surface area contributed by atoms with E-state index in [4.69, 9.17) is 10.5 Å². The molecule has 1 heterocycles. The van der Waals surface area contributed by atoms with Crippen LogP contribution in [0.2, 0.25) is 0 Å². The fourth-order valence-electron chi connectivity index (χ4n) is 1.17. The first-order chi connectivity index (χ1) is 7.97. The van der Waals surface area contributed by atoms with Gasteiger partial charge in [0.2, 0.25) is 5.91 Å². The van der Waals surface area contributed by atoms with E-state index in [1.54, 1.807) is 20.9 Å². The minimum Gasteiger partial charge on any atom is -0.462 e. The van der Waals surface area contributed by atoms with Gasteiger partial charge in [0.05, 0.1) is 18.8 Å². The molecule has 0 aliphatic rings. The van der Waals surface area contributed by atoms with E-state index in [-0.39, 0.29) is 23.9 Å². The summed E-state index contributed by atoms with van der Waals surface area (Å²) in [6.07, 6.45) is 1.34. The molecule has 1 atom stereocenters. The van der Waals surface area contributed by atoms with Crippen molar-refractivity contribution in [1.29, 1.82) is 0 Å². The van der Waals surface area contributed by atoms with E-state index in [2.05, 4.69) is 10.4 Å². The number of aryl methyl sites for hydroxylation is 1. The van der Waals surface area contributed by atoms with Gasteiger partial charge in [-0.3, -0.25) is 9.48 Å². The van der Waals surface area contributed by atoms with Crippen molar-refractivity contribution in [2.45, 2.75) is 19.9 Å². The smallest absolute Gasteiger partial charge is 0.343 e. The molecule has 1 unspecified atom stereocenters. The van der Waals surface area contributed by atoms with Crippen molar-refractivity contribution < 1.29 is 14.3 Å². The molecular weight excluding hydrogens is 224 g/mol. The predicted molar refractivity (Wildman–Crippen MR) is 61.4 cm³/mol. The zero-order valence-corrected chi connectivity index (χ0v) is 10.1. The van der Waals surface area contributed by atoms with Gasteiger partial charge >= 0.3 is 5.97 Å². The first kappa shape index (κ1) is 13.2. The molecule has 1 aromatic heterocycles. The molecule has 17 heavy (non-hydrogen) atoms. The van der Waals surface area contributed by atoms with E-state index in [0.29, 0.717) is 0 Å². The quantitative estimate of drug-likeness (QED) is 0.715. The second-order valence-corrected chi connectivity index (χ2v) is 3.53. The highest BCUT2D eigenvalue weighted by Crippen LogP contribution is 2.15. The van der Waals surface area contributed by atoms with E-state index in [0.717, 1.165) is 0 Å². The zero-order valence-electron chi connectivity index (χ0n) is 10.1. The summed E-state index contributed by atoms with van der Waals surface area (Å²) in [5.74, 6) is -0.634. The van der Waals surface area contributed by atoms with E-state index >= 15 is 0 Å². The van der Waals surface area contributed by atoms with Gasteiger partial charge in [0.1, 0.15) is 11.4 Å². The van der Waals surface area contributed by atoms with Gasteiger partial charge in [-0.1, -0.05) is 0 Å². The number of hydrogen-bond acceptors (Lipinski definition) is 5. The Bertz CT molecular complexity index is 425. The van der Waals surface area contributed by atoms with Gasteiger partial charge in [0, 0.05) is 7.05 Å². The van der Waals surface area contributed by atoms with Crippen LogP contribution in [0.1, 0.15) is 24.2 Å². The molecule has 7 heteroatoms. The number of esters is 1. The molecule has 0 saturated heterocycles. The van der Waals surface area contributed by atoms with Crippen LogP contribution in [0.3, 0.4) is 0 Å². The topological polar surface area (TPSA) is 99.2 Å². The summed E-state index contributed by atoms with van der Waals surface area (Å²) in [6.45, 7) is 3.51. The summed E-state index contributed by atoms with van der Waals surface area (Å²) in [6, 6.07) is -0.667. The summed E-state index contributed by atoms with van der Waals surface area (Å²) in [4.78, 5) is 23.0. The second kappa shape index (κ2) is 5.44. The Balaban J connectivity index is 2.94. The van der Waals surface area contributed by atoms with Crippen LogP contribution in [0.4, 0.5) is 5.82 Å². The van der Waals surface area contributed by atoms with Crippen LogP contribution in [0.15, 0.2) is 6.20 Å². The molecule has 0 fully saturated rings. The minimum atomic E-state index is -0.667. The third-order valence-corrected chi connectivity index (χ3v) is 2.09. The number of hydrogen-bond donors (Lipinski definition) is 2. The summed E-state index contributed by atoms with van der Waals surface area (Å²) < 4.78 is 6.23. The first-order valence-electron chi connectivity index (χ1n) is 5.23. The number of carbonyl (C=O) groups excluding carboxylic acids is 2. The summed E-state index contributed by atoms with van der Waals surface area (Å²) >= 11 is 0. The monoisotopic (exact) mass is 240 g/mol. The number of rotatable bonds is 4. The van der Waals surface area contributed by atoms with Crippen molar-refractivity contribution in [3.05, 3.63) is 11.8 Å². The molecule has 1 rings (SSSR count). The molecule has 7 nitrogen and oxygen atoms in total. The van der Waals surface area contributed by atoms with Crippen LogP contribution in [0.5, 0.6) is 0 Å². The summed E-state index contributed by atoms with van der Waals surface area (Å²) in [7, 11) is 1.61. The third kappa shape index (κ3) is 3.04. The molecule has 94 valence electrons. The second-order valence-electron chi connectivity index (χ2n) is 3.53. The van der Waals surface area contributed by atoms with Gasteiger partial charge in [-0.15, -0.1) is 0 Å². The highest BCUT2D eigenvalue weighted by atomic mass is 16.5. The van der Waals surface area contributed by atoms with Gasteiger partial charge in [-0.05, 0) is 13.8 Å². The standard InChI is InChI=1S/C10H16N4O3/c1-4-17-10(16)7-5-12-14(3)8(7)13-9(15)6(2)11/h5-6H,4,11H2,1-3H3,(H,13,15). The largest absolute Gasteiger partial charge is 0.462 e. The SMILES string of the molecule is CCOC(=O)c1cnn(C)c1NC(=O)C(C)N. The number of aromatic nitrogens is 2. The van der Waals surface area contributed by atoms with Crippen molar-refractivity contribution in [2.75, 3.05) is 11.9 Å². The van der Waals surface area contributed by atoms with Crippen molar-refractivity contribution >= 4 is 17.7 Å². The van der Waals surface area contributed by atoms with Gasteiger partial charge in [-0.25, -0.2) is 4.79 Å². The average molecular weight is 240 g/mol. The van der Waals surface area contributed by atoms with Gasteiger partial charge < -0.3 is 15.8 Å². The van der Waals surface area contributed by atoms with Crippen LogP contribution in [0.25, 0.3) is 0 Å². The molecule has 0 spiro atoms. The van der Waals surface area contributed by atoms with E-state index in [1.165, 1.54) is 10.9 Å². The Morgan fingerprint density at radius 2 is 2.29 bits per heavy atom. The Kier molecular flexibility index (Phi) is 4.22. The van der Waals surface area contributed by atoms with Crippen molar-refractivity contribution in [1.82, 2.24) is 9.78 Å². The molecule has 0 aliphatic heterocycles. The number of anilines is 1. The molecule has 0 aliphatic carbocycles. The third-order valence-electron chi connectivity index (χ3n) is 2.09. The van der Waals surface area contributed by atoms with Crippen LogP contribution in [-0.4, -0.2) is 34.3 Å². The lowest BCUT2D eigenvalue weighted by Crippen LogP contribution is -2.33. The first-order valence-corrected chi connectivity index (χ1v) is 5.23. The molecule has 3 N–H and O–H groups in total. The zero-order chi connectivity index (χ0) is 13.0. The maximum atomic E-state index is 11.6. The number of nitrogens with one attached hydrogen (secondary N) is 1. The predicted octanol–water partition coefficient (Wildman–Crippen LogP) is -0.117. The number of amides is 1. The Hall–Kier alpha value is -1.89. The van der Waals surface area contributed by atoms with Crippen LogP contribution >= 0.6 is 0 Å².